The molecule has 0 aliphatic rings. The summed E-state index contributed by atoms with van der Waals surface area (Å²) in [4.78, 5) is 10.7. The van der Waals surface area contributed by atoms with Crippen molar-refractivity contribution in [3.05, 3.63) is 35.4 Å². The number of rotatable bonds is 2. The summed E-state index contributed by atoms with van der Waals surface area (Å²) >= 11 is 0. The standard InChI is InChI=1S/C9H12N2O.2C2H6/c1-6-2-4-7(5-3-6)8(10)9(11)12;2*1-2/h2-5,8H,10H2,1H3,(H2,11,12);2*1-2H3. The second-order valence-electron chi connectivity index (χ2n) is 2.79. The lowest BCUT2D eigenvalue weighted by Crippen LogP contribution is -2.28. The minimum atomic E-state index is -0.689. The first-order chi connectivity index (χ1) is 7.61. The minimum Gasteiger partial charge on any atom is -0.368 e. The summed E-state index contributed by atoms with van der Waals surface area (Å²) in [5.74, 6) is -0.501. The zero-order valence-electron chi connectivity index (χ0n) is 10.9. The number of aryl methyl sites for hydroxylation is 1. The van der Waals surface area contributed by atoms with E-state index in [0.29, 0.717) is 0 Å². The first-order valence-corrected chi connectivity index (χ1v) is 5.72. The highest BCUT2D eigenvalue weighted by Crippen LogP contribution is 2.10. The number of carbonyl (C=O) groups excluding carboxylic acids is 1. The molecule has 4 N–H and O–H groups in total. The maximum Gasteiger partial charge on any atom is 0.238 e. The molecule has 1 aromatic carbocycles. The van der Waals surface area contributed by atoms with Gasteiger partial charge in [-0.05, 0) is 12.5 Å². The molecule has 0 fully saturated rings. The van der Waals surface area contributed by atoms with Crippen LogP contribution in [0.1, 0.15) is 44.9 Å². The second kappa shape index (κ2) is 10.2. The van der Waals surface area contributed by atoms with Crippen molar-refractivity contribution in [2.45, 2.75) is 40.7 Å². The van der Waals surface area contributed by atoms with Crippen molar-refractivity contribution in [1.29, 1.82) is 0 Å². The molecule has 16 heavy (non-hydrogen) atoms. The van der Waals surface area contributed by atoms with Crippen molar-refractivity contribution >= 4 is 5.91 Å². The molecule has 1 atom stereocenters. The van der Waals surface area contributed by atoms with Crippen LogP contribution in [0.4, 0.5) is 0 Å². The number of hydrogen-bond acceptors (Lipinski definition) is 2. The Morgan fingerprint density at radius 1 is 1.06 bits per heavy atom. The van der Waals surface area contributed by atoms with Crippen LogP contribution >= 0.6 is 0 Å². The number of benzene rings is 1. The van der Waals surface area contributed by atoms with E-state index >= 15 is 0 Å². The second-order valence-corrected chi connectivity index (χ2v) is 2.79. The molecule has 1 rings (SSSR count). The lowest BCUT2D eigenvalue weighted by atomic mass is 10.1. The molecule has 1 aromatic rings. The molecular weight excluding hydrogens is 200 g/mol. The maximum atomic E-state index is 10.7. The fraction of sp³-hybridized carbons (Fsp3) is 0.462. The van der Waals surface area contributed by atoms with Crippen molar-refractivity contribution in [3.63, 3.8) is 0 Å². The van der Waals surface area contributed by atoms with Crippen LogP contribution in [0.15, 0.2) is 24.3 Å². The van der Waals surface area contributed by atoms with E-state index in [4.69, 9.17) is 11.5 Å². The minimum absolute atomic E-state index is 0.501. The SMILES string of the molecule is CC.CC.Cc1ccc(C(N)C(N)=O)cc1. The van der Waals surface area contributed by atoms with Crippen LogP contribution in [0, 0.1) is 6.92 Å². The Bertz CT molecular complexity index is 280. The summed E-state index contributed by atoms with van der Waals surface area (Å²) in [5.41, 5.74) is 12.4. The van der Waals surface area contributed by atoms with E-state index < -0.39 is 11.9 Å². The lowest BCUT2D eigenvalue weighted by Gasteiger charge is -2.06. The van der Waals surface area contributed by atoms with Gasteiger partial charge in [0.25, 0.3) is 0 Å². The van der Waals surface area contributed by atoms with Crippen molar-refractivity contribution in [2.24, 2.45) is 11.5 Å². The van der Waals surface area contributed by atoms with E-state index in [9.17, 15) is 4.79 Å². The quantitative estimate of drug-likeness (QED) is 0.810. The Hall–Kier alpha value is -1.35. The summed E-state index contributed by atoms with van der Waals surface area (Å²) in [5, 5.41) is 0. The van der Waals surface area contributed by atoms with Gasteiger partial charge in [0.05, 0.1) is 0 Å². The molecule has 0 saturated heterocycles. The molecule has 0 aliphatic carbocycles. The summed E-state index contributed by atoms with van der Waals surface area (Å²) < 4.78 is 0. The third kappa shape index (κ3) is 6.19. The van der Waals surface area contributed by atoms with Gasteiger partial charge in [-0.2, -0.15) is 0 Å². The first-order valence-electron chi connectivity index (χ1n) is 5.72. The van der Waals surface area contributed by atoms with Crippen LogP contribution < -0.4 is 11.5 Å². The number of amides is 1. The van der Waals surface area contributed by atoms with E-state index in [0.717, 1.165) is 11.1 Å². The Kier molecular flexibility index (Phi) is 10.9. The Morgan fingerprint density at radius 2 is 1.44 bits per heavy atom. The van der Waals surface area contributed by atoms with Crippen LogP contribution in [-0.4, -0.2) is 5.91 Å². The predicted octanol–water partition coefficient (Wildman–Crippen LogP) is 2.53. The molecule has 0 saturated carbocycles. The van der Waals surface area contributed by atoms with Gasteiger partial charge < -0.3 is 11.5 Å². The van der Waals surface area contributed by atoms with Gasteiger partial charge in [-0.15, -0.1) is 0 Å². The third-order valence-corrected chi connectivity index (χ3v) is 1.74. The summed E-state index contributed by atoms with van der Waals surface area (Å²) in [7, 11) is 0. The molecule has 3 nitrogen and oxygen atoms in total. The first kappa shape index (κ1) is 17.1. The van der Waals surface area contributed by atoms with Gasteiger partial charge in [0, 0.05) is 0 Å². The van der Waals surface area contributed by atoms with Gasteiger partial charge in [0.15, 0.2) is 0 Å². The third-order valence-electron chi connectivity index (χ3n) is 1.74. The highest BCUT2D eigenvalue weighted by atomic mass is 16.1. The molecule has 1 unspecified atom stereocenters. The molecule has 1 amide bonds. The molecular formula is C13H24N2O. The van der Waals surface area contributed by atoms with Crippen LogP contribution in [0.5, 0.6) is 0 Å². The fourth-order valence-corrected chi connectivity index (χ4v) is 0.938. The van der Waals surface area contributed by atoms with Gasteiger partial charge in [-0.3, -0.25) is 4.79 Å². The van der Waals surface area contributed by atoms with Crippen molar-refractivity contribution in [1.82, 2.24) is 0 Å². The smallest absolute Gasteiger partial charge is 0.238 e. The Labute approximate surface area is 98.8 Å². The number of hydrogen-bond donors (Lipinski definition) is 2. The molecule has 0 bridgehead atoms. The molecule has 0 aromatic heterocycles. The van der Waals surface area contributed by atoms with E-state index in [1.54, 1.807) is 0 Å². The van der Waals surface area contributed by atoms with Gasteiger partial charge in [-0.25, -0.2) is 0 Å². The van der Waals surface area contributed by atoms with Crippen LogP contribution in [0.2, 0.25) is 0 Å². The molecule has 92 valence electrons. The van der Waals surface area contributed by atoms with E-state index in [1.165, 1.54) is 0 Å². The number of nitrogens with two attached hydrogens (primary N) is 2. The van der Waals surface area contributed by atoms with Crippen LogP contribution in [0.25, 0.3) is 0 Å². The van der Waals surface area contributed by atoms with E-state index in [2.05, 4.69) is 0 Å². The van der Waals surface area contributed by atoms with Gasteiger partial charge in [0.2, 0.25) is 5.91 Å². The number of carbonyl (C=O) groups is 1. The fourth-order valence-electron chi connectivity index (χ4n) is 0.938. The van der Waals surface area contributed by atoms with Gasteiger partial charge in [-0.1, -0.05) is 57.5 Å². The highest BCUT2D eigenvalue weighted by Gasteiger charge is 2.10. The highest BCUT2D eigenvalue weighted by molar-refractivity contribution is 5.81. The normalized spacial score (nSPS) is 10.1. The van der Waals surface area contributed by atoms with Crippen molar-refractivity contribution < 1.29 is 4.79 Å². The molecule has 3 heteroatoms. The van der Waals surface area contributed by atoms with E-state index in [-0.39, 0.29) is 0 Å². The van der Waals surface area contributed by atoms with Gasteiger partial charge in [0.1, 0.15) is 6.04 Å². The summed E-state index contributed by atoms with van der Waals surface area (Å²) in [6.45, 7) is 9.97. The summed E-state index contributed by atoms with van der Waals surface area (Å²) in [6.07, 6.45) is 0. The van der Waals surface area contributed by atoms with Crippen molar-refractivity contribution in [2.75, 3.05) is 0 Å². The Balaban J connectivity index is 0. The van der Waals surface area contributed by atoms with Crippen LogP contribution in [0.3, 0.4) is 0 Å². The largest absolute Gasteiger partial charge is 0.368 e. The lowest BCUT2D eigenvalue weighted by molar-refractivity contribution is -0.119. The maximum absolute atomic E-state index is 10.7. The van der Waals surface area contributed by atoms with Crippen LogP contribution in [-0.2, 0) is 4.79 Å². The molecule has 0 aliphatic heterocycles. The molecule has 0 radical (unpaired) electrons. The zero-order chi connectivity index (χ0) is 13.1. The summed E-state index contributed by atoms with van der Waals surface area (Å²) in [6, 6.07) is 6.73. The number of primary amides is 1. The van der Waals surface area contributed by atoms with Crippen molar-refractivity contribution in [3.8, 4) is 0 Å². The average Bonchev–Trinajstić information content (AvgIpc) is 2.34. The monoisotopic (exact) mass is 224 g/mol. The predicted molar refractivity (Wildman–Crippen MR) is 70.0 cm³/mol. The van der Waals surface area contributed by atoms with E-state index in [1.807, 2.05) is 58.9 Å². The molecule has 0 heterocycles. The van der Waals surface area contributed by atoms with Gasteiger partial charge >= 0.3 is 0 Å². The average molecular weight is 224 g/mol. The zero-order valence-corrected chi connectivity index (χ0v) is 10.9. The Morgan fingerprint density at radius 3 is 1.75 bits per heavy atom. The topological polar surface area (TPSA) is 69.1 Å². The molecule has 0 spiro atoms.